The Morgan fingerprint density at radius 2 is 2.27 bits per heavy atom. The highest BCUT2D eigenvalue weighted by molar-refractivity contribution is 7.89. The van der Waals surface area contributed by atoms with Crippen molar-refractivity contribution < 1.29 is 13.7 Å². The van der Waals surface area contributed by atoms with Crippen LogP contribution in [0.1, 0.15) is 12.5 Å². The zero-order valence-electron chi connectivity index (χ0n) is 13.9. The number of ether oxygens (including phenoxy) is 1. The van der Waals surface area contributed by atoms with Crippen LogP contribution in [-0.2, 0) is 11.4 Å². The normalized spacial score (nSPS) is 20.1. The van der Waals surface area contributed by atoms with Crippen LogP contribution in [0.3, 0.4) is 0 Å². The summed E-state index contributed by atoms with van der Waals surface area (Å²) in [6.45, 7) is 2.70. The van der Waals surface area contributed by atoms with Crippen molar-refractivity contribution in [3.05, 3.63) is 64.6 Å². The second-order valence-corrected chi connectivity index (χ2v) is 7.48. The zero-order chi connectivity index (χ0) is 18.7. The third kappa shape index (κ3) is 4.00. The van der Waals surface area contributed by atoms with Gasteiger partial charge in [-0.25, -0.2) is 9.37 Å². The monoisotopic (exact) mass is 391 g/mol. The Hall–Kier alpha value is -2.11. The molecule has 1 aromatic carbocycles. The summed E-state index contributed by atoms with van der Waals surface area (Å²) in [5.41, 5.74) is 0.906. The number of rotatable bonds is 4. The van der Waals surface area contributed by atoms with E-state index in [1.807, 2.05) is 13.0 Å². The van der Waals surface area contributed by atoms with Gasteiger partial charge in [-0.1, -0.05) is 17.7 Å². The molecule has 1 aromatic heterocycles. The molecule has 0 saturated carbocycles. The fourth-order valence-electron chi connectivity index (χ4n) is 2.61. The van der Waals surface area contributed by atoms with Crippen LogP contribution < -0.4 is 4.74 Å². The number of aromatic nitrogens is 1. The molecule has 1 saturated heterocycles. The van der Waals surface area contributed by atoms with Gasteiger partial charge in [0.05, 0.1) is 29.9 Å². The Kier molecular flexibility index (Phi) is 5.79. The molecule has 0 bridgehead atoms. The van der Waals surface area contributed by atoms with Gasteiger partial charge in [0.25, 0.3) is 5.03 Å². The summed E-state index contributed by atoms with van der Waals surface area (Å²) in [6, 6.07) is 9.15. The van der Waals surface area contributed by atoms with Gasteiger partial charge in [-0.3, -0.25) is 0 Å². The molecule has 0 radical (unpaired) electrons. The average Bonchev–Trinajstić information content (AvgIpc) is 3.05. The summed E-state index contributed by atoms with van der Waals surface area (Å²) in [6.07, 6.45) is 3.00. The number of nitrogens with zero attached hydrogens (tertiary/aromatic N) is 3. The number of nitriles is 1. The molecule has 2 heterocycles. The minimum Gasteiger partial charge on any atom is -0.591 e. The lowest BCUT2D eigenvalue weighted by atomic mass is 10.2. The highest BCUT2D eigenvalue weighted by atomic mass is 35.5. The summed E-state index contributed by atoms with van der Waals surface area (Å²) in [4.78, 5) is 4.10. The first-order valence-electron chi connectivity index (χ1n) is 7.81. The van der Waals surface area contributed by atoms with Crippen LogP contribution in [0.25, 0.3) is 0 Å². The second kappa shape index (κ2) is 8.06. The fourth-order valence-corrected chi connectivity index (χ4v) is 3.85. The Bertz CT molecular complexity index is 870. The lowest BCUT2D eigenvalue weighted by molar-refractivity contribution is 0.240. The summed E-state index contributed by atoms with van der Waals surface area (Å²) in [5.74, 6) is -0.307. The first kappa shape index (κ1) is 18.7. The quantitative estimate of drug-likeness (QED) is 0.589. The van der Waals surface area contributed by atoms with E-state index in [0.717, 1.165) is 5.57 Å². The van der Waals surface area contributed by atoms with Gasteiger partial charge in [0, 0.05) is 12.1 Å². The van der Waals surface area contributed by atoms with Crippen molar-refractivity contribution >= 4 is 23.0 Å². The first-order chi connectivity index (χ1) is 12.5. The minimum absolute atomic E-state index is 0.0356. The molecule has 0 spiro atoms. The van der Waals surface area contributed by atoms with E-state index >= 15 is 0 Å². The van der Waals surface area contributed by atoms with Crippen molar-refractivity contribution in [3.63, 3.8) is 0 Å². The maximum atomic E-state index is 13.8. The van der Waals surface area contributed by atoms with Crippen molar-refractivity contribution in [1.82, 2.24) is 9.29 Å². The SMILES string of the molecule is C/C=C1\CN([S+]([O-])c2ccc(Cl)cn2)C[C@@H]1Oc1ccc(C#N)c(F)c1. The van der Waals surface area contributed by atoms with Gasteiger partial charge in [-0.05, 0) is 30.7 Å². The van der Waals surface area contributed by atoms with E-state index < -0.39 is 17.2 Å². The van der Waals surface area contributed by atoms with E-state index in [4.69, 9.17) is 21.6 Å². The number of hydrogen-bond acceptors (Lipinski definition) is 5. The minimum atomic E-state index is -1.45. The Balaban J connectivity index is 1.74. The molecule has 1 fully saturated rings. The first-order valence-corrected chi connectivity index (χ1v) is 9.30. The molecule has 5 nitrogen and oxygen atoms in total. The average molecular weight is 392 g/mol. The molecule has 1 aliphatic heterocycles. The number of benzene rings is 1. The molecule has 8 heteroatoms. The van der Waals surface area contributed by atoms with E-state index in [1.165, 1.54) is 18.3 Å². The molecule has 0 aliphatic carbocycles. The molecule has 1 unspecified atom stereocenters. The number of allylic oxidation sites excluding steroid dienone is 1. The van der Waals surface area contributed by atoms with Gasteiger partial charge in [0.15, 0.2) is 0 Å². The van der Waals surface area contributed by atoms with E-state index in [2.05, 4.69) is 4.98 Å². The summed E-state index contributed by atoms with van der Waals surface area (Å²) < 4.78 is 34.1. The fraction of sp³-hybridized carbons (Fsp3) is 0.222. The lowest BCUT2D eigenvalue weighted by Gasteiger charge is -2.18. The molecular weight excluding hydrogens is 377 g/mol. The van der Waals surface area contributed by atoms with Crippen LogP contribution in [0.5, 0.6) is 5.75 Å². The van der Waals surface area contributed by atoms with E-state index in [0.29, 0.717) is 28.9 Å². The maximum Gasteiger partial charge on any atom is 0.265 e. The number of hydrogen-bond donors (Lipinski definition) is 0. The van der Waals surface area contributed by atoms with Crippen LogP contribution in [0.15, 0.2) is 53.2 Å². The van der Waals surface area contributed by atoms with Crippen molar-refractivity contribution in [2.45, 2.75) is 18.1 Å². The van der Waals surface area contributed by atoms with Crippen molar-refractivity contribution in [3.8, 4) is 11.8 Å². The second-order valence-electron chi connectivity index (χ2n) is 5.61. The van der Waals surface area contributed by atoms with E-state index in [-0.39, 0.29) is 11.7 Å². The Morgan fingerprint density at radius 3 is 2.88 bits per heavy atom. The molecule has 0 amide bonds. The number of halogens is 2. The Labute approximate surface area is 159 Å². The van der Waals surface area contributed by atoms with Crippen LogP contribution in [0.4, 0.5) is 4.39 Å². The lowest BCUT2D eigenvalue weighted by Crippen LogP contribution is -2.31. The van der Waals surface area contributed by atoms with Crippen LogP contribution in [0.2, 0.25) is 5.02 Å². The highest BCUT2D eigenvalue weighted by Gasteiger charge is 2.37. The summed E-state index contributed by atoms with van der Waals surface area (Å²) >= 11 is 4.36. The molecule has 134 valence electrons. The third-order valence-electron chi connectivity index (χ3n) is 3.97. The van der Waals surface area contributed by atoms with Crippen LogP contribution in [0, 0.1) is 17.1 Å². The largest absolute Gasteiger partial charge is 0.591 e. The standard InChI is InChI=1S/C18H15ClFN3O2S/c1-2-12-10-23(26(24)18-6-4-14(19)9-22-18)11-17(12)25-15-5-3-13(8-21)16(20)7-15/h2-7,9,17H,10-11H2,1H3/b12-2+/t17-,26?/m0/s1. The van der Waals surface area contributed by atoms with Crippen molar-refractivity contribution in [2.75, 3.05) is 13.1 Å². The molecule has 1 aliphatic rings. The molecule has 2 aromatic rings. The van der Waals surface area contributed by atoms with Gasteiger partial charge in [0.1, 0.15) is 35.1 Å². The van der Waals surface area contributed by atoms with Crippen molar-refractivity contribution in [2.24, 2.45) is 0 Å². The van der Waals surface area contributed by atoms with E-state index in [1.54, 1.807) is 28.6 Å². The van der Waals surface area contributed by atoms with Gasteiger partial charge < -0.3 is 9.29 Å². The van der Waals surface area contributed by atoms with Gasteiger partial charge in [-0.15, -0.1) is 4.31 Å². The van der Waals surface area contributed by atoms with Crippen LogP contribution in [-0.4, -0.2) is 33.0 Å². The molecule has 26 heavy (non-hydrogen) atoms. The smallest absolute Gasteiger partial charge is 0.265 e. The zero-order valence-corrected chi connectivity index (χ0v) is 15.4. The molecule has 0 N–H and O–H groups in total. The molecular formula is C18H15ClFN3O2S. The predicted octanol–water partition coefficient (Wildman–Crippen LogP) is 3.48. The highest BCUT2D eigenvalue weighted by Crippen LogP contribution is 2.28. The van der Waals surface area contributed by atoms with E-state index in [9.17, 15) is 8.94 Å². The summed E-state index contributed by atoms with van der Waals surface area (Å²) in [7, 11) is 0. The van der Waals surface area contributed by atoms with Crippen LogP contribution >= 0.6 is 11.6 Å². The summed E-state index contributed by atoms with van der Waals surface area (Å²) in [5, 5.41) is 9.69. The van der Waals surface area contributed by atoms with Gasteiger partial charge in [0.2, 0.25) is 0 Å². The topological polar surface area (TPSA) is 72.2 Å². The Morgan fingerprint density at radius 1 is 1.46 bits per heavy atom. The predicted molar refractivity (Wildman–Crippen MR) is 96.5 cm³/mol. The maximum absolute atomic E-state index is 13.8. The third-order valence-corrected chi connectivity index (χ3v) is 5.54. The van der Waals surface area contributed by atoms with Gasteiger partial charge >= 0.3 is 0 Å². The van der Waals surface area contributed by atoms with Gasteiger partial charge in [-0.2, -0.15) is 5.26 Å². The number of pyridine rings is 1. The van der Waals surface area contributed by atoms with Crippen molar-refractivity contribution in [1.29, 1.82) is 5.26 Å². The molecule has 3 rings (SSSR count). The molecule has 2 atom stereocenters.